The summed E-state index contributed by atoms with van der Waals surface area (Å²) in [6.45, 7) is 3.42. The Morgan fingerprint density at radius 1 is 1.80 bits per heavy atom. The number of rotatable bonds is 0. The van der Waals surface area contributed by atoms with Crippen molar-refractivity contribution in [1.82, 2.24) is 4.90 Å². The molecule has 0 atom stereocenters. The molecule has 0 aromatic rings. The summed E-state index contributed by atoms with van der Waals surface area (Å²) in [5.74, 6) is 0.192. The van der Waals surface area contributed by atoms with Crippen molar-refractivity contribution in [1.29, 1.82) is 0 Å². The van der Waals surface area contributed by atoms with Gasteiger partial charge < -0.3 is 10.5 Å². The topological polar surface area (TPSA) is 67.9 Å². The monoisotopic (exact) mass is 141 g/mol. The highest BCUT2D eigenvalue weighted by Crippen LogP contribution is 2.07. The zero-order valence-electron chi connectivity index (χ0n) is 5.50. The molecule has 5 nitrogen and oxygen atoms in total. The fourth-order valence-corrected chi connectivity index (χ4v) is 0.488. The summed E-state index contributed by atoms with van der Waals surface area (Å²) in [7, 11) is 1.50. The van der Waals surface area contributed by atoms with E-state index in [4.69, 9.17) is 10.5 Å². The molecule has 0 unspecified atom stereocenters. The number of amides is 2. The van der Waals surface area contributed by atoms with E-state index in [2.05, 4.69) is 11.6 Å². The lowest BCUT2D eigenvalue weighted by Crippen LogP contribution is -2.34. The van der Waals surface area contributed by atoms with Gasteiger partial charge in [-0.15, -0.1) is 4.99 Å². The molecule has 1 aliphatic heterocycles. The molecule has 2 N–H and O–H groups in total. The van der Waals surface area contributed by atoms with E-state index in [9.17, 15) is 4.79 Å². The molecule has 54 valence electrons. The van der Waals surface area contributed by atoms with Gasteiger partial charge in [-0.2, -0.15) is 0 Å². The fourth-order valence-electron chi connectivity index (χ4n) is 0.488. The highest BCUT2D eigenvalue weighted by Gasteiger charge is 2.19. The number of amidine groups is 1. The third kappa shape index (κ3) is 0.928. The first kappa shape index (κ1) is 6.60. The van der Waals surface area contributed by atoms with Gasteiger partial charge in [-0.05, 0) is 6.58 Å². The number of carbonyl (C=O) groups is 1. The summed E-state index contributed by atoms with van der Waals surface area (Å²) in [6.07, 6.45) is 0. The summed E-state index contributed by atoms with van der Waals surface area (Å²) >= 11 is 0. The molecule has 1 rings (SSSR count). The summed E-state index contributed by atoms with van der Waals surface area (Å²) in [5, 5.41) is 0. The molecule has 0 saturated heterocycles. The number of urea groups is 1. The third-order valence-electron chi connectivity index (χ3n) is 1.09. The van der Waals surface area contributed by atoms with Gasteiger partial charge in [0.15, 0.2) is 5.88 Å². The fraction of sp³-hybridized carbons (Fsp3) is 0.200. The van der Waals surface area contributed by atoms with Gasteiger partial charge in [0, 0.05) is 7.05 Å². The Morgan fingerprint density at radius 2 is 2.40 bits per heavy atom. The Bertz CT molecular complexity index is 221. The van der Waals surface area contributed by atoms with Crippen LogP contribution in [0.4, 0.5) is 4.79 Å². The molecule has 0 aliphatic carbocycles. The number of nitrogens with zero attached hydrogens (tertiary/aromatic N) is 2. The quantitative estimate of drug-likeness (QED) is 0.510. The van der Waals surface area contributed by atoms with Crippen LogP contribution in [-0.2, 0) is 4.74 Å². The van der Waals surface area contributed by atoms with Crippen LogP contribution < -0.4 is 5.73 Å². The van der Waals surface area contributed by atoms with Gasteiger partial charge in [0.2, 0.25) is 0 Å². The minimum atomic E-state index is -0.464. The zero-order valence-corrected chi connectivity index (χ0v) is 5.50. The number of nitrogens with two attached hydrogens (primary N) is 1. The van der Waals surface area contributed by atoms with Gasteiger partial charge in [0.1, 0.15) is 0 Å². The predicted octanol–water partition coefficient (Wildman–Crippen LogP) is -0.146. The molecule has 0 spiro atoms. The van der Waals surface area contributed by atoms with E-state index in [-0.39, 0.29) is 11.9 Å². The Kier molecular flexibility index (Phi) is 1.33. The molecule has 0 fully saturated rings. The first-order valence-corrected chi connectivity index (χ1v) is 2.60. The largest absolute Gasteiger partial charge is 0.409 e. The highest BCUT2D eigenvalue weighted by atomic mass is 16.5. The maximum Gasteiger partial charge on any atom is 0.354 e. The normalized spacial score (nSPS) is 18.5. The minimum Gasteiger partial charge on any atom is -0.409 e. The minimum absolute atomic E-state index is 0.159. The average Bonchev–Trinajstić information content (AvgIpc) is 1.82. The maximum absolute atomic E-state index is 10.7. The van der Waals surface area contributed by atoms with Crippen LogP contribution in [0.5, 0.6) is 0 Å². The van der Waals surface area contributed by atoms with Gasteiger partial charge >= 0.3 is 6.03 Å². The summed E-state index contributed by atoms with van der Waals surface area (Å²) in [4.78, 5) is 15.2. The van der Waals surface area contributed by atoms with Gasteiger partial charge in [0.25, 0.3) is 6.02 Å². The molecule has 10 heavy (non-hydrogen) atoms. The number of ether oxygens (including phenoxy) is 1. The SMILES string of the molecule is C=C1OC(N)=NC(=O)N1C. The number of hydrogen-bond donors (Lipinski definition) is 1. The van der Waals surface area contributed by atoms with E-state index in [1.807, 2.05) is 0 Å². The molecule has 0 aromatic heterocycles. The second kappa shape index (κ2) is 2.02. The number of carbonyl (C=O) groups excluding carboxylic acids is 1. The Labute approximate surface area is 57.8 Å². The molecule has 5 heteroatoms. The van der Waals surface area contributed by atoms with E-state index in [1.165, 1.54) is 7.05 Å². The smallest absolute Gasteiger partial charge is 0.354 e. The van der Waals surface area contributed by atoms with E-state index >= 15 is 0 Å². The second-order valence-corrected chi connectivity index (χ2v) is 1.79. The summed E-state index contributed by atoms with van der Waals surface area (Å²) in [5.41, 5.74) is 5.10. The van der Waals surface area contributed by atoms with Gasteiger partial charge in [-0.3, -0.25) is 4.90 Å². The van der Waals surface area contributed by atoms with Crippen molar-refractivity contribution in [2.75, 3.05) is 7.05 Å². The van der Waals surface area contributed by atoms with E-state index in [0.29, 0.717) is 0 Å². The highest BCUT2D eigenvalue weighted by molar-refractivity contribution is 5.91. The number of aliphatic imine (C=N–C) groups is 1. The number of hydrogen-bond acceptors (Lipinski definition) is 3. The van der Waals surface area contributed by atoms with E-state index in [1.54, 1.807) is 0 Å². The van der Waals surface area contributed by atoms with Gasteiger partial charge in [-0.25, -0.2) is 4.79 Å². The van der Waals surface area contributed by atoms with Crippen molar-refractivity contribution in [2.24, 2.45) is 10.7 Å². The average molecular weight is 141 g/mol. The van der Waals surface area contributed by atoms with Crippen LogP contribution in [0.15, 0.2) is 17.5 Å². The van der Waals surface area contributed by atoms with Crippen molar-refractivity contribution in [3.63, 3.8) is 0 Å². The lowest BCUT2D eigenvalue weighted by Gasteiger charge is -2.20. The second-order valence-electron chi connectivity index (χ2n) is 1.79. The van der Waals surface area contributed by atoms with Crippen LogP contribution in [0.1, 0.15) is 0 Å². The van der Waals surface area contributed by atoms with Crippen LogP contribution in [0.25, 0.3) is 0 Å². The Morgan fingerprint density at radius 3 is 2.90 bits per heavy atom. The van der Waals surface area contributed by atoms with Crippen LogP contribution in [-0.4, -0.2) is 24.0 Å². The molecule has 2 amide bonds. The molecular formula is C5H7N3O2. The van der Waals surface area contributed by atoms with Gasteiger partial charge in [-0.1, -0.05) is 0 Å². The molecule has 0 bridgehead atoms. The summed E-state index contributed by atoms with van der Waals surface area (Å²) in [6, 6.07) is -0.623. The van der Waals surface area contributed by atoms with Crippen LogP contribution >= 0.6 is 0 Å². The molecular weight excluding hydrogens is 134 g/mol. The van der Waals surface area contributed by atoms with Crippen LogP contribution in [0.3, 0.4) is 0 Å². The third-order valence-corrected chi connectivity index (χ3v) is 1.09. The molecule has 1 heterocycles. The molecule has 0 saturated carbocycles. The van der Waals surface area contributed by atoms with E-state index in [0.717, 1.165) is 4.90 Å². The molecule has 0 radical (unpaired) electrons. The lowest BCUT2D eigenvalue weighted by atomic mass is 10.7. The summed E-state index contributed by atoms with van der Waals surface area (Å²) < 4.78 is 4.71. The van der Waals surface area contributed by atoms with Gasteiger partial charge in [0.05, 0.1) is 0 Å². The van der Waals surface area contributed by atoms with Crippen molar-refractivity contribution in [3.8, 4) is 0 Å². The Balaban J connectivity index is 2.89. The van der Waals surface area contributed by atoms with Crippen molar-refractivity contribution in [3.05, 3.63) is 12.5 Å². The molecule has 1 aliphatic rings. The van der Waals surface area contributed by atoms with Crippen LogP contribution in [0.2, 0.25) is 0 Å². The first-order valence-electron chi connectivity index (χ1n) is 2.60. The van der Waals surface area contributed by atoms with E-state index < -0.39 is 6.03 Å². The first-order chi connectivity index (χ1) is 4.61. The van der Waals surface area contributed by atoms with Crippen molar-refractivity contribution >= 4 is 12.1 Å². The predicted molar refractivity (Wildman–Crippen MR) is 35.0 cm³/mol. The maximum atomic E-state index is 10.7. The van der Waals surface area contributed by atoms with Crippen LogP contribution in [0, 0.1) is 0 Å². The lowest BCUT2D eigenvalue weighted by molar-refractivity contribution is 0.193. The Hall–Kier alpha value is -1.52. The standard InChI is InChI=1S/C5H7N3O2/c1-3-8(2)5(9)7-4(6)10-3/h1H2,2H3,(H2,6,7,9). The zero-order chi connectivity index (χ0) is 7.72. The van der Waals surface area contributed by atoms with Crippen molar-refractivity contribution in [2.45, 2.75) is 0 Å². The van der Waals surface area contributed by atoms with Crippen molar-refractivity contribution < 1.29 is 9.53 Å². The molecule has 0 aromatic carbocycles.